The van der Waals surface area contributed by atoms with Crippen molar-refractivity contribution in [3.63, 3.8) is 0 Å². The van der Waals surface area contributed by atoms with Crippen molar-refractivity contribution in [2.24, 2.45) is 0 Å². The Hall–Kier alpha value is -2.53. The number of nitrogen functional groups attached to an aromatic ring is 1. The van der Waals surface area contributed by atoms with Gasteiger partial charge in [-0.1, -0.05) is 42.5 Å². The van der Waals surface area contributed by atoms with Crippen molar-refractivity contribution < 1.29 is 0 Å². The summed E-state index contributed by atoms with van der Waals surface area (Å²) in [6.45, 7) is 7.00. The van der Waals surface area contributed by atoms with E-state index in [0.29, 0.717) is 5.69 Å². The maximum Gasteiger partial charge on any atom is 0.162 e. The highest BCUT2D eigenvalue weighted by molar-refractivity contribution is 5.81. The summed E-state index contributed by atoms with van der Waals surface area (Å²) in [5.41, 5.74) is 9.35. The van der Waals surface area contributed by atoms with E-state index in [9.17, 15) is 0 Å². The van der Waals surface area contributed by atoms with Crippen LogP contribution in [-0.2, 0) is 0 Å². The zero-order valence-electron chi connectivity index (χ0n) is 9.30. The van der Waals surface area contributed by atoms with E-state index in [2.05, 4.69) is 4.85 Å². The first-order valence-corrected chi connectivity index (χ1v) is 5.29. The molecule has 0 aliphatic heterocycles. The van der Waals surface area contributed by atoms with Gasteiger partial charge < -0.3 is 5.73 Å². The number of nitrogens with two attached hydrogens (primary N) is 1. The fourth-order valence-corrected chi connectivity index (χ4v) is 1.70. The molecule has 82 valence electrons. The minimum absolute atomic E-state index is 0.703. The molecular weight excluding hydrogens is 208 g/mol. The van der Waals surface area contributed by atoms with Crippen LogP contribution >= 0.6 is 0 Å². The lowest BCUT2D eigenvalue weighted by Crippen LogP contribution is -1.90. The molecule has 0 amide bonds. The van der Waals surface area contributed by atoms with E-state index in [1.54, 1.807) is 0 Å². The molecule has 0 radical (unpaired) electrons. The fraction of sp³-hybridized carbons (Fsp3) is 0. The van der Waals surface area contributed by atoms with Gasteiger partial charge in [0.2, 0.25) is 0 Å². The van der Waals surface area contributed by atoms with Crippen LogP contribution in [0.3, 0.4) is 0 Å². The Morgan fingerprint density at radius 1 is 1.00 bits per heavy atom. The first kappa shape index (κ1) is 11.0. The molecule has 0 aromatic heterocycles. The molecule has 0 atom stereocenters. The molecule has 2 aromatic rings. The largest absolute Gasteiger partial charge is 0.399 e. The Morgan fingerprint density at radius 3 is 2.35 bits per heavy atom. The van der Waals surface area contributed by atoms with E-state index >= 15 is 0 Å². The molecule has 0 aliphatic rings. The summed E-state index contributed by atoms with van der Waals surface area (Å²) < 4.78 is 0. The van der Waals surface area contributed by atoms with Crippen molar-refractivity contribution in [1.29, 1.82) is 0 Å². The number of benzene rings is 2. The van der Waals surface area contributed by atoms with Gasteiger partial charge in [-0.25, -0.2) is 4.85 Å². The SMILES string of the molecule is [C-]#[N+]/C=C(/c1ccccc1)c1cccc(N)c1. The second-order valence-electron chi connectivity index (χ2n) is 3.66. The van der Waals surface area contributed by atoms with Gasteiger partial charge in [-0.2, -0.15) is 0 Å². The van der Waals surface area contributed by atoms with Gasteiger partial charge in [0.05, 0.1) is 6.57 Å². The van der Waals surface area contributed by atoms with E-state index in [-0.39, 0.29) is 0 Å². The molecule has 0 saturated heterocycles. The third kappa shape index (κ3) is 2.53. The molecule has 2 N–H and O–H groups in total. The van der Waals surface area contributed by atoms with Crippen LogP contribution in [0.15, 0.2) is 60.8 Å². The van der Waals surface area contributed by atoms with Gasteiger partial charge in [-0.05, 0) is 28.8 Å². The summed E-state index contributed by atoms with van der Waals surface area (Å²) in [7, 11) is 0. The number of hydrogen-bond acceptors (Lipinski definition) is 1. The van der Waals surface area contributed by atoms with Crippen LogP contribution in [-0.4, -0.2) is 0 Å². The van der Waals surface area contributed by atoms with E-state index in [4.69, 9.17) is 12.3 Å². The van der Waals surface area contributed by atoms with Crippen LogP contribution < -0.4 is 5.73 Å². The number of anilines is 1. The van der Waals surface area contributed by atoms with Crippen molar-refractivity contribution in [2.75, 3.05) is 5.73 Å². The van der Waals surface area contributed by atoms with Crippen molar-refractivity contribution in [2.45, 2.75) is 0 Å². The smallest absolute Gasteiger partial charge is 0.162 e. The Bertz CT molecular complexity index is 577. The highest BCUT2D eigenvalue weighted by Gasteiger charge is 2.03. The van der Waals surface area contributed by atoms with Crippen molar-refractivity contribution >= 4 is 11.3 Å². The normalized spacial score (nSPS) is 10.9. The lowest BCUT2D eigenvalue weighted by molar-refractivity contribution is 1.54. The highest BCUT2D eigenvalue weighted by Crippen LogP contribution is 2.24. The average Bonchev–Trinajstić information content (AvgIpc) is 2.37. The summed E-state index contributed by atoms with van der Waals surface area (Å²) in [5.74, 6) is 0. The molecule has 2 heteroatoms. The van der Waals surface area contributed by atoms with Gasteiger partial charge in [0.25, 0.3) is 0 Å². The van der Waals surface area contributed by atoms with Crippen LogP contribution in [0.1, 0.15) is 11.1 Å². The van der Waals surface area contributed by atoms with Gasteiger partial charge in [-0.15, -0.1) is 0 Å². The van der Waals surface area contributed by atoms with Gasteiger partial charge >= 0.3 is 0 Å². The standard InChI is InChI=1S/C15H12N2/c1-17-11-15(12-6-3-2-4-7-12)13-8-5-9-14(16)10-13/h2-11H,16H2/b15-11-. The molecule has 17 heavy (non-hydrogen) atoms. The molecule has 0 fully saturated rings. The molecule has 0 unspecified atom stereocenters. The number of nitrogens with zero attached hydrogens (tertiary/aromatic N) is 1. The summed E-state index contributed by atoms with van der Waals surface area (Å²) >= 11 is 0. The van der Waals surface area contributed by atoms with Gasteiger partial charge in [-0.3, -0.25) is 0 Å². The second-order valence-corrected chi connectivity index (χ2v) is 3.66. The topological polar surface area (TPSA) is 30.4 Å². The molecule has 0 spiro atoms. The fourth-order valence-electron chi connectivity index (χ4n) is 1.70. The summed E-state index contributed by atoms with van der Waals surface area (Å²) in [4.78, 5) is 3.37. The summed E-state index contributed by atoms with van der Waals surface area (Å²) in [5, 5.41) is 0. The molecule has 2 nitrogen and oxygen atoms in total. The van der Waals surface area contributed by atoms with Crippen LogP contribution in [0.2, 0.25) is 0 Å². The Morgan fingerprint density at radius 2 is 1.71 bits per heavy atom. The van der Waals surface area contributed by atoms with E-state index < -0.39 is 0 Å². The molecule has 0 saturated carbocycles. The molecule has 2 rings (SSSR count). The first-order valence-electron chi connectivity index (χ1n) is 5.29. The predicted molar refractivity (Wildman–Crippen MR) is 71.0 cm³/mol. The number of hydrogen-bond donors (Lipinski definition) is 1. The Balaban J connectivity index is 2.52. The molecular formula is C15H12N2. The van der Waals surface area contributed by atoms with Crippen LogP contribution in [0.4, 0.5) is 5.69 Å². The lowest BCUT2D eigenvalue weighted by Gasteiger charge is -2.07. The van der Waals surface area contributed by atoms with Crippen molar-refractivity contribution in [3.05, 3.63) is 83.3 Å². The van der Waals surface area contributed by atoms with E-state index in [1.165, 1.54) is 6.20 Å². The Kier molecular flexibility index (Phi) is 3.23. The summed E-state index contributed by atoms with van der Waals surface area (Å²) in [6, 6.07) is 17.4. The van der Waals surface area contributed by atoms with E-state index in [0.717, 1.165) is 16.7 Å². The van der Waals surface area contributed by atoms with Crippen LogP contribution in [0.25, 0.3) is 10.4 Å². The lowest BCUT2D eigenvalue weighted by atomic mass is 9.98. The summed E-state index contributed by atoms with van der Waals surface area (Å²) in [6.07, 6.45) is 1.53. The Labute approximate surface area is 101 Å². The second kappa shape index (κ2) is 5.00. The third-order valence-electron chi connectivity index (χ3n) is 2.48. The van der Waals surface area contributed by atoms with Gasteiger partial charge in [0, 0.05) is 5.69 Å². The highest BCUT2D eigenvalue weighted by atomic mass is 14.6. The van der Waals surface area contributed by atoms with Crippen LogP contribution in [0, 0.1) is 6.57 Å². The number of rotatable bonds is 2. The minimum Gasteiger partial charge on any atom is -0.399 e. The van der Waals surface area contributed by atoms with Crippen molar-refractivity contribution in [3.8, 4) is 0 Å². The average molecular weight is 220 g/mol. The molecule has 0 heterocycles. The van der Waals surface area contributed by atoms with Gasteiger partial charge in [0.1, 0.15) is 0 Å². The monoisotopic (exact) mass is 220 g/mol. The maximum atomic E-state index is 7.00. The molecule has 2 aromatic carbocycles. The zero-order chi connectivity index (χ0) is 12.1. The van der Waals surface area contributed by atoms with Gasteiger partial charge in [0.15, 0.2) is 6.20 Å². The quantitative estimate of drug-likeness (QED) is 0.608. The van der Waals surface area contributed by atoms with Crippen LogP contribution in [0.5, 0.6) is 0 Å². The molecule has 0 bridgehead atoms. The molecule has 0 aliphatic carbocycles. The van der Waals surface area contributed by atoms with E-state index in [1.807, 2.05) is 54.6 Å². The third-order valence-corrected chi connectivity index (χ3v) is 2.48. The zero-order valence-corrected chi connectivity index (χ0v) is 9.30. The first-order chi connectivity index (χ1) is 8.31. The minimum atomic E-state index is 0.703. The predicted octanol–water partition coefficient (Wildman–Crippen LogP) is 3.58. The van der Waals surface area contributed by atoms with Crippen molar-refractivity contribution in [1.82, 2.24) is 0 Å². The maximum absolute atomic E-state index is 7.00.